The third kappa shape index (κ3) is 3.45. The quantitative estimate of drug-likeness (QED) is 0.808. The lowest BCUT2D eigenvalue weighted by Gasteiger charge is -2.07. The van der Waals surface area contributed by atoms with Gasteiger partial charge in [-0.15, -0.1) is 0 Å². The molecule has 0 aromatic heterocycles. The summed E-state index contributed by atoms with van der Waals surface area (Å²) in [5, 5.41) is 2.64. The molecule has 3 nitrogen and oxygen atoms in total. The van der Waals surface area contributed by atoms with Crippen molar-refractivity contribution < 1.29 is 9.53 Å². The van der Waals surface area contributed by atoms with Gasteiger partial charge >= 0.3 is 6.09 Å². The summed E-state index contributed by atoms with van der Waals surface area (Å²) in [5.41, 5.74) is 0.718. The van der Waals surface area contributed by atoms with Gasteiger partial charge in [-0.2, -0.15) is 0 Å². The molecule has 1 N–H and O–H groups in total. The van der Waals surface area contributed by atoms with Crippen LogP contribution in [0.4, 0.5) is 10.5 Å². The van der Waals surface area contributed by atoms with E-state index in [4.69, 9.17) is 4.74 Å². The van der Waals surface area contributed by atoms with Gasteiger partial charge in [0.1, 0.15) is 0 Å². The molecule has 0 aliphatic rings. The van der Waals surface area contributed by atoms with Gasteiger partial charge in [0.15, 0.2) is 0 Å². The molecule has 0 saturated heterocycles. The molecule has 0 unspecified atom stereocenters. The van der Waals surface area contributed by atoms with E-state index in [2.05, 4.69) is 43.8 Å². The molecular weight excluding hydrogens is 361 g/mol. The van der Waals surface area contributed by atoms with E-state index in [1.807, 2.05) is 18.2 Å². The fraction of sp³-hybridized carbons (Fsp3) is 0.222. The molecule has 14 heavy (non-hydrogen) atoms. The Morgan fingerprint density at radius 2 is 2.36 bits per heavy atom. The summed E-state index contributed by atoms with van der Waals surface area (Å²) in [6.07, 6.45) is -0.435. The first-order valence-electron chi connectivity index (χ1n) is 4.02. The van der Waals surface area contributed by atoms with Crippen molar-refractivity contribution >= 4 is 50.3 Å². The number of anilines is 1. The molecule has 0 fully saturated rings. The molecule has 0 saturated carbocycles. The Hall–Kier alpha value is -0.300. The summed E-state index contributed by atoms with van der Waals surface area (Å²) < 4.78 is 6.66. The molecule has 0 heterocycles. The van der Waals surface area contributed by atoms with E-state index in [9.17, 15) is 4.79 Å². The number of rotatable bonds is 2. The van der Waals surface area contributed by atoms with Gasteiger partial charge in [0, 0.05) is 8.04 Å². The zero-order valence-corrected chi connectivity index (χ0v) is 11.3. The normalized spacial score (nSPS) is 9.64. The van der Waals surface area contributed by atoms with E-state index < -0.39 is 6.09 Å². The number of carbonyl (C=O) groups excluding carboxylic acids is 1. The molecule has 1 aromatic carbocycles. The lowest BCUT2D eigenvalue weighted by molar-refractivity contribution is 0.168. The number of hydrogen-bond donors (Lipinski definition) is 1. The number of amides is 1. The topological polar surface area (TPSA) is 38.3 Å². The van der Waals surface area contributed by atoms with Gasteiger partial charge in [0.25, 0.3) is 0 Å². The van der Waals surface area contributed by atoms with E-state index in [0.717, 1.165) is 13.7 Å². The summed E-state index contributed by atoms with van der Waals surface area (Å²) in [6.45, 7) is 2.14. The van der Waals surface area contributed by atoms with Crippen molar-refractivity contribution in [3.63, 3.8) is 0 Å². The Bertz CT molecular complexity index is 344. The highest BCUT2D eigenvalue weighted by molar-refractivity contribution is 14.1. The van der Waals surface area contributed by atoms with E-state index in [0.29, 0.717) is 6.61 Å². The molecule has 1 amide bonds. The maximum absolute atomic E-state index is 11.1. The number of halogens is 2. The van der Waals surface area contributed by atoms with E-state index in [1.54, 1.807) is 6.92 Å². The number of benzene rings is 1. The van der Waals surface area contributed by atoms with Gasteiger partial charge in [-0.25, -0.2) is 4.79 Å². The zero-order valence-electron chi connectivity index (χ0n) is 7.51. The number of carbonyl (C=O) groups is 1. The minimum absolute atomic E-state index is 0.368. The first kappa shape index (κ1) is 11.8. The number of nitrogens with one attached hydrogen (secondary N) is 1. The van der Waals surface area contributed by atoms with Gasteiger partial charge in [-0.05, 0) is 63.6 Å². The van der Waals surface area contributed by atoms with Crippen LogP contribution in [-0.4, -0.2) is 12.7 Å². The molecule has 1 rings (SSSR count). The van der Waals surface area contributed by atoms with Crippen LogP contribution in [0.25, 0.3) is 0 Å². The Morgan fingerprint density at radius 3 is 3.00 bits per heavy atom. The third-order valence-corrected chi connectivity index (χ3v) is 2.80. The van der Waals surface area contributed by atoms with Crippen LogP contribution in [0.5, 0.6) is 0 Å². The zero-order chi connectivity index (χ0) is 10.6. The third-order valence-electron chi connectivity index (χ3n) is 1.44. The monoisotopic (exact) mass is 369 g/mol. The molecule has 5 heteroatoms. The Labute approximate surface area is 104 Å². The molecular formula is C9H9BrINO2. The average Bonchev–Trinajstić information content (AvgIpc) is 2.12. The number of ether oxygens (including phenoxy) is 1. The Morgan fingerprint density at radius 1 is 1.64 bits per heavy atom. The Kier molecular flexibility index (Phi) is 4.67. The van der Waals surface area contributed by atoms with Gasteiger partial charge in [0.05, 0.1) is 12.3 Å². The van der Waals surface area contributed by atoms with Crippen molar-refractivity contribution in [1.29, 1.82) is 0 Å². The van der Waals surface area contributed by atoms with Crippen molar-refractivity contribution in [1.82, 2.24) is 0 Å². The largest absolute Gasteiger partial charge is 0.450 e. The van der Waals surface area contributed by atoms with Crippen LogP contribution in [0, 0.1) is 3.57 Å². The first-order valence-corrected chi connectivity index (χ1v) is 5.89. The molecule has 0 radical (unpaired) electrons. The SMILES string of the molecule is CCOC(=O)Nc1cc(I)ccc1Br. The van der Waals surface area contributed by atoms with E-state index in [1.165, 1.54) is 0 Å². The standard InChI is InChI=1S/C9H9BrINO2/c1-2-14-9(13)12-8-5-6(11)3-4-7(8)10/h3-5H,2H2,1H3,(H,12,13). The van der Waals surface area contributed by atoms with Crippen LogP contribution in [0.15, 0.2) is 22.7 Å². The van der Waals surface area contributed by atoms with Crippen LogP contribution in [0.3, 0.4) is 0 Å². The first-order chi connectivity index (χ1) is 6.63. The van der Waals surface area contributed by atoms with Crippen molar-refractivity contribution in [2.24, 2.45) is 0 Å². The maximum atomic E-state index is 11.1. The molecule has 0 atom stereocenters. The van der Waals surface area contributed by atoms with E-state index in [-0.39, 0.29) is 0 Å². The molecule has 0 aliphatic carbocycles. The van der Waals surface area contributed by atoms with Crippen LogP contribution in [0.1, 0.15) is 6.92 Å². The fourth-order valence-corrected chi connectivity index (χ4v) is 1.71. The van der Waals surface area contributed by atoms with E-state index >= 15 is 0 Å². The lowest BCUT2D eigenvalue weighted by atomic mass is 10.3. The van der Waals surface area contributed by atoms with Crippen LogP contribution < -0.4 is 5.32 Å². The summed E-state index contributed by atoms with van der Waals surface area (Å²) in [5.74, 6) is 0. The highest BCUT2D eigenvalue weighted by Crippen LogP contribution is 2.24. The van der Waals surface area contributed by atoms with Gasteiger partial charge in [-0.3, -0.25) is 5.32 Å². The summed E-state index contributed by atoms with van der Waals surface area (Å²) in [4.78, 5) is 11.1. The second-order valence-electron chi connectivity index (χ2n) is 2.47. The highest BCUT2D eigenvalue weighted by Gasteiger charge is 2.05. The van der Waals surface area contributed by atoms with Crippen LogP contribution in [-0.2, 0) is 4.74 Å². The van der Waals surface area contributed by atoms with Gasteiger partial charge < -0.3 is 4.74 Å². The number of hydrogen-bond acceptors (Lipinski definition) is 2. The minimum atomic E-state index is -0.435. The lowest BCUT2D eigenvalue weighted by Crippen LogP contribution is -2.13. The second kappa shape index (κ2) is 5.55. The average molecular weight is 370 g/mol. The van der Waals surface area contributed by atoms with Gasteiger partial charge in [0.2, 0.25) is 0 Å². The highest BCUT2D eigenvalue weighted by atomic mass is 127. The summed E-state index contributed by atoms with van der Waals surface area (Å²) in [6, 6.07) is 5.69. The predicted molar refractivity (Wildman–Crippen MR) is 67.5 cm³/mol. The van der Waals surface area contributed by atoms with Crippen molar-refractivity contribution in [3.8, 4) is 0 Å². The summed E-state index contributed by atoms with van der Waals surface area (Å²) >= 11 is 5.51. The molecule has 76 valence electrons. The van der Waals surface area contributed by atoms with Crippen molar-refractivity contribution in [2.45, 2.75) is 6.92 Å². The van der Waals surface area contributed by atoms with Crippen LogP contribution in [0.2, 0.25) is 0 Å². The molecule has 0 bridgehead atoms. The van der Waals surface area contributed by atoms with Crippen molar-refractivity contribution in [2.75, 3.05) is 11.9 Å². The maximum Gasteiger partial charge on any atom is 0.411 e. The van der Waals surface area contributed by atoms with Crippen LogP contribution >= 0.6 is 38.5 Å². The minimum Gasteiger partial charge on any atom is -0.450 e. The molecule has 1 aromatic rings. The van der Waals surface area contributed by atoms with Gasteiger partial charge in [-0.1, -0.05) is 0 Å². The fourth-order valence-electron chi connectivity index (χ4n) is 0.870. The molecule has 0 spiro atoms. The smallest absolute Gasteiger partial charge is 0.411 e. The predicted octanol–water partition coefficient (Wildman–Crippen LogP) is 3.62. The molecule has 0 aliphatic heterocycles. The van der Waals surface area contributed by atoms with Crippen molar-refractivity contribution in [3.05, 3.63) is 26.2 Å². The summed E-state index contributed by atoms with van der Waals surface area (Å²) in [7, 11) is 0. The Balaban J connectivity index is 2.75. The second-order valence-corrected chi connectivity index (χ2v) is 4.57.